The second-order valence-corrected chi connectivity index (χ2v) is 7.31. The average Bonchev–Trinajstić information content (AvgIpc) is 2.90. The Kier molecular flexibility index (Phi) is 4.91. The maximum absolute atomic E-state index is 12.4. The van der Waals surface area contributed by atoms with Crippen LogP contribution in [0.5, 0.6) is 0 Å². The fourth-order valence-electron chi connectivity index (χ4n) is 3.25. The van der Waals surface area contributed by atoms with Crippen LogP contribution in [0.2, 0.25) is 0 Å². The Labute approximate surface area is 128 Å². The van der Waals surface area contributed by atoms with Crippen molar-refractivity contribution in [3.05, 3.63) is 0 Å². The standard InChI is InChI=1S/C16H29N3O2/c1-11(2)6-19-8-13-7-18(9-14(13)16(19)21)15(20)10-17(5)12(3)4/h11-14H,6-10H2,1-5H3/t13-,14-/m0/s1. The number of nitrogens with zero attached hydrogens (tertiary/aromatic N) is 3. The highest BCUT2D eigenvalue weighted by Gasteiger charge is 2.47. The van der Waals surface area contributed by atoms with E-state index in [0.717, 1.165) is 19.6 Å². The lowest BCUT2D eigenvalue weighted by Gasteiger charge is -2.26. The van der Waals surface area contributed by atoms with Gasteiger partial charge in [-0.15, -0.1) is 0 Å². The van der Waals surface area contributed by atoms with Crippen molar-refractivity contribution in [2.45, 2.75) is 33.7 Å². The number of hydrogen-bond donors (Lipinski definition) is 0. The van der Waals surface area contributed by atoms with Crippen LogP contribution < -0.4 is 0 Å². The predicted molar refractivity (Wildman–Crippen MR) is 82.7 cm³/mol. The second kappa shape index (κ2) is 6.34. The van der Waals surface area contributed by atoms with E-state index in [2.05, 4.69) is 27.7 Å². The normalized spacial score (nSPS) is 25.6. The molecule has 5 nitrogen and oxygen atoms in total. The largest absolute Gasteiger partial charge is 0.342 e. The monoisotopic (exact) mass is 295 g/mol. The van der Waals surface area contributed by atoms with Crippen molar-refractivity contribution < 1.29 is 9.59 Å². The zero-order valence-corrected chi connectivity index (χ0v) is 14.0. The second-order valence-electron chi connectivity index (χ2n) is 7.31. The first-order valence-corrected chi connectivity index (χ1v) is 8.06. The number of carbonyl (C=O) groups excluding carboxylic acids is 2. The van der Waals surface area contributed by atoms with Gasteiger partial charge in [-0.05, 0) is 26.8 Å². The molecule has 21 heavy (non-hydrogen) atoms. The van der Waals surface area contributed by atoms with Crippen LogP contribution in [-0.2, 0) is 9.59 Å². The number of likely N-dealkylation sites (tertiary alicyclic amines) is 2. The van der Waals surface area contributed by atoms with Crippen LogP contribution in [0, 0.1) is 17.8 Å². The Morgan fingerprint density at radius 3 is 2.43 bits per heavy atom. The highest BCUT2D eigenvalue weighted by atomic mass is 16.2. The molecule has 0 spiro atoms. The number of likely N-dealkylation sites (N-methyl/N-ethyl adjacent to an activating group) is 1. The van der Waals surface area contributed by atoms with Gasteiger partial charge in [-0.1, -0.05) is 13.8 Å². The number of amides is 2. The molecule has 0 aromatic carbocycles. The molecule has 0 aromatic heterocycles. The van der Waals surface area contributed by atoms with E-state index in [-0.39, 0.29) is 17.7 Å². The fraction of sp³-hybridized carbons (Fsp3) is 0.875. The average molecular weight is 295 g/mol. The molecule has 0 N–H and O–H groups in total. The summed E-state index contributed by atoms with van der Waals surface area (Å²) in [6.45, 7) is 11.9. The molecule has 2 rings (SSSR count). The summed E-state index contributed by atoms with van der Waals surface area (Å²) in [6, 6.07) is 0.360. The summed E-state index contributed by atoms with van der Waals surface area (Å²) in [5.41, 5.74) is 0. The minimum atomic E-state index is 0.0389. The highest BCUT2D eigenvalue weighted by Crippen LogP contribution is 2.32. The zero-order valence-electron chi connectivity index (χ0n) is 14.0. The van der Waals surface area contributed by atoms with Gasteiger partial charge in [0.25, 0.3) is 0 Å². The van der Waals surface area contributed by atoms with E-state index in [0.29, 0.717) is 31.0 Å². The zero-order chi connectivity index (χ0) is 15.7. The SMILES string of the molecule is CC(C)CN1C[C@@H]2CN(C(=O)CN(C)C(C)C)C[C@@H]2C1=O. The smallest absolute Gasteiger partial charge is 0.236 e. The third-order valence-corrected chi connectivity index (χ3v) is 4.73. The van der Waals surface area contributed by atoms with Gasteiger partial charge in [0.15, 0.2) is 0 Å². The molecule has 2 saturated heterocycles. The van der Waals surface area contributed by atoms with Crippen LogP contribution in [0.15, 0.2) is 0 Å². The molecule has 2 aliphatic heterocycles. The molecule has 0 saturated carbocycles. The molecule has 2 aliphatic rings. The predicted octanol–water partition coefficient (Wildman–Crippen LogP) is 0.899. The Morgan fingerprint density at radius 2 is 1.90 bits per heavy atom. The van der Waals surface area contributed by atoms with E-state index in [1.54, 1.807) is 0 Å². The van der Waals surface area contributed by atoms with Crippen LogP contribution in [0.3, 0.4) is 0 Å². The molecule has 0 radical (unpaired) electrons. The minimum absolute atomic E-state index is 0.0389. The molecule has 2 amide bonds. The van der Waals surface area contributed by atoms with E-state index in [1.807, 2.05) is 21.7 Å². The summed E-state index contributed by atoms with van der Waals surface area (Å²) in [6.07, 6.45) is 0. The van der Waals surface area contributed by atoms with E-state index in [1.165, 1.54) is 0 Å². The molecule has 2 atom stereocenters. The first kappa shape index (κ1) is 16.3. The lowest BCUT2D eigenvalue weighted by molar-refractivity contribution is -0.134. The molecule has 2 fully saturated rings. The topological polar surface area (TPSA) is 43.9 Å². The minimum Gasteiger partial charge on any atom is -0.342 e. The van der Waals surface area contributed by atoms with Gasteiger partial charge < -0.3 is 9.80 Å². The summed E-state index contributed by atoms with van der Waals surface area (Å²) in [5.74, 6) is 1.29. The van der Waals surface area contributed by atoms with Gasteiger partial charge in [0.1, 0.15) is 0 Å². The lowest BCUT2D eigenvalue weighted by atomic mass is 10.0. The van der Waals surface area contributed by atoms with Crippen molar-refractivity contribution in [1.82, 2.24) is 14.7 Å². The van der Waals surface area contributed by atoms with Crippen LogP contribution in [0.4, 0.5) is 0 Å². The third kappa shape index (κ3) is 3.57. The molecular weight excluding hydrogens is 266 g/mol. The van der Waals surface area contributed by atoms with Crippen molar-refractivity contribution in [2.75, 3.05) is 39.8 Å². The van der Waals surface area contributed by atoms with Gasteiger partial charge in [0.2, 0.25) is 11.8 Å². The van der Waals surface area contributed by atoms with Crippen molar-refractivity contribution in [3.63, 3.8) is 0 Å². The van der Waals surface area contributed by atoms with Crippen molar-refractivity contribution in [2.24, 2.45) is 17.8 Å². The van der Waals surface area contributed by atoms with Crippen LogP contribution in [0.1, 0.15) is 27.7 Å². The van der Waals surface area contributed by atoms with Crippen LogP contribution >= 0.6 is 0 Å². The van der Waals surface area contributed by atoms with Crippen molar-refractivity contribution in [1.29, 1.82) is 0 Å². The van der Waals surface area contributed by atoms with E-state index in [9.17, 15) is 9.59 Å². The summed E-state index contributed by atoms with van der Waals surface area (Å²) in [7, 11) is 1.97. The number of carbonyl (C=O) groups is 2. The fourth-order valence-corrected chi connectivity index (χ4v) is 3.25. The van der Waals surface area contributed by atoms with Crippen LogP contribution in [-0.4, -0.2) is 72.3 Å². The highest BCUT2D eigenvalue weighted by molar-refractivity contribution is 5.85. The summed E-state index contributed by atoms with van der Waals surface area (Å²) in [4.78, 5) is 30.6. The van der Waals surface area contributed by atoms with Gasteiger partial charge in [0.05, 0.1) is 12.5 Å². The molecule has 0 aliphatic carbocycles. The third-order valence-electron chi connectivity index (χ3n) is 4.73. The lowest BCUT2D eigenvalue weighted by Crippen LogP contribution is -2.42. The molecule has 0 unspecified atom stereocenters. The summed E-state index contributed by atoms with van der Waals surface area (Å²) in [5, 5.41) is 0. The van der Waals surface area contributed by atoms with Gasteiger partial charge in [-0.25, -0.2) is 0 Å². The van der Waals surface area contributed by atoms with E-state index < -0.39 is 0 Å². The number of hydrogen-bond acceptors (Lipinski definition) is 3. The molecule has 2 heterocycles. The van der Waals surface area contributed by atoms with Crippen molar-refractivity contribution in [3.8, 4) is 0 Å². The van der Waals surface area contributed by atoms with Gasteiger partial charge >= 0.3 is 0 Å². The van der Waals surface area contributed by atoms with Gasteiger partial charge in [0, 0.05) is 38.1 Å². The maximum atomic E-state index is 12.4. The van der Waals surface area contributed by atoms with Gasteiger partial charge in [-0.2, -0.15) is 0 Å². The first-order valence-electron chi connectivity index (χ1n) is 8.06. The van der Waals surface area contributed by atoms with E-state index >= 15 is 0 Å². The Balaban J connectivity index is 1.89. The summed E-state index contributed by atoms with van der Waals surface area (Å²) >= 11 is 0. The molecule has 0 aromatic rings. The van der Waals surface area contributed by atoms with Crippen LogP contribution in [0.25, 0.3) is 0 Å². The van der Waals surface area contributed by atoms with Crippen molar-refractivity contribution >= 4 is 11.8 Å². The number of fused-ring (bicyclic) bond motifs is 1. The first-order chi connectivity index (χ1) is 9.79. The summed E-state index contributed by atoms with van der Waals surface area (Å²) < 4.78 is 0. The molecule has 5 heteroatoms. The Morgan fingerprint density at radius 1 is 1.24 bits per heavy atom. The number of rotatable bonds is 5. The Hall–Kier alpha value is -1.10. The Bertz CT molecular complexity index is 408. The quantitative estimate of drug-likeness (QED) is 0.757. The molecule has 0 bridgehead atoms. The maximum Gasteiger partial charge on any atom is 0.236 e. The molecule has 120 valence electrons. The van der Waals surface area contributed by atoms with E-state index in [4.69, 9.17) is 0 Å². The van der Waals surface area contributed by atoms with Gasteiger partial charge in [-0.3, -0.25) is 14.5 Å². The molecular formula is C16H29N3O2.